The fourth-order valence-corrected chi connectivity index (χ4v) is 5.01. The predicted molar refractivity (Wildman–Crippen MR) is 121 cm³/mol. The summed E-state index contributed by atoms with van der Waals surface area (Å²) < 4.78 is 11.9. The Kier molecular flexibility index (Phi) is 4.84. The highest BCUT2D eigenvalue weighted by molar-refractivity contribution is 6.00. The number of rotatable bonds is 2. The van der Waals surface area contributed by atoms with E-state index in [1.54, 1.807) is 0 Å². The van der Waals surface area contributed by atoms with Gasteiger partial charge in [-0.25, -0.2) is 0 Å². The number of likely N-dealkylation sites (tertiary alicyclic amines) is 1. The highest BCUT2D eigenvalue weighted by Gasteiger charge is 2.43. The average Bonchev–Trinajstić information content (AvgIpc) is 3.13. The van der Waals surface area contributed by atoms with Gasteiger partial charge in [-0.2, -0.15) is 0 Å². The van der Waals surface area contributed by atoms with Crippen molar-refractivity contribution in [3.8, 4) is 5.75 Å². The number of carbonyl (C=O) groups excluding carboxylic acids is 2. The molecule has 1 fully saturated rings. The molecular weight excluding hydrogens is 404 g/mol. The van der Waals surface area contributed by atoms with Crippen molar-refractivity contribution in [2.24, 2.45) is 0 Å². The van der Waals surface area contributed by atoms with Crippen molar-refractivity contribution in [1.29, 1.82) is 0 Å². The second kappa shape index (κ2) is 7.47. The third-order valence-corrected chi connectivity index (χ3v) is 7.03. The molecule has 1 spiro atoms. The molecule has 166 valence electrons. The molecule has 0 N–H and O–H groups in total. The van der Waals surface area contributed by atoms with Crippen molar-refractivity contribution in [2.45, 2.75) is 59.0 Å². The van der Waals surface area contributed by atoms with Gasteiger partial charge in [0.25, 0.3) is 0 Å². The van der Waals surface area contributed by atoms with E-state index in [4.69, 9.17) is 9.26 Å². The number of piperidine rings is 1. The molecule has 1 aromatic heterocycles. The lowest BCUT2D eigenvalue weighted by Crippen LogP contribution is -2.52. The van der Waals surface area contributed by atoms with Crippen molar-refractivity contribution in [1.82, 2.24) is 10.1 Å². The summed E-state index contributed by atoms with van der Waals surface area (Å²) in [6.45, 7) is 9.20. The van der Waals surface area contributed by atoms with Gasteiger partial charge in [0.2, 0.25) is 5.91 Å². The summed E-state index contributed by atoms with van der Waals surface area (Å²) in [4.78, 5) is 27.7. The molecular formula is C26H28N2O4. The highest BCUT2D eigenvalue weighted by atomic mass is 16.5. The number of ketones is 1. The van der Waals surface area contributed by atoms with Crippen molar-refractivity contribution in [2.75, 3.05) is 13.1 Å². The summed E-state index contributed by atoms with van der Waals surface area (Å²) in [6.07, 6.45) is 1.88. The zero-order chi connectivity index (χ0) is 22.6. The number of nitrogens with zero attached hydrogens (tertiary/aromatic N) is 2. The van der Waals surface area contributed by atoms with E-state index >= 15 is 0 Å². The van der Waals surface area contributed by atoms with Crippen molar-refractivity contribution >= 4 is 22.7 Å². The average molecular weight is 433 g/mol. The van der Waals surface area contributed by atoms with Crippen LogP contribution in [-0.2, 0) is 11.2 Å². The summed E-state index contributed by atoms with van der Waals surface area (Å²) in [5.41, 5.74) is 5.95. The highest BCUT2D eigenvalue weighted by Crippen LogP contribution is 2.40. The normalized spacial score (nSPS) is 17.5. The van der Waals surface area contributed by atoms with E-state index in [0.717, 1.165) is 33.2 Å². The Morgan fingerprint density at radius 3 is 2.50 bits per heavy atom. The predicted octanol–water partition coefficient (Wildman–Crippen LogP) is 4.63. The first-order valence-corrected chi connectivity index (χ1v) is 11.2. The van der Waals surface area contributed by atoms with E-state index in [1.807, 2.05) is 50.8 Å². The van der Waals surface area contributed by atoms with Gasteiger partial charge in [0.15, 0.2) is 11.4 Å². The van der Waals surface area contributed by atoms with Crippen LogP contribution in [-0.4, -0.2) is 40.4 Å². The number of fused-ring (bicyclic) bond motifs is 2. The van der Waals surface area contributed by atoms with Gasteiger partial charge in [-0.3, -0.25) is 9.59 Å². The number of carbonyl (C=O) groups is 2. The molecule has 2 aliphatic rings. The SMILES string of the molecule is Cc1cc(C)c2onc(CC(=O)N3CCC4(CC3)CC(=O)c3cc(C)c(C)cc3O4)c2c1. The Morgan fingerprint density at radius 2 is 1.75 bits per heavy atom. The lowest BCUT2D eigenvalue weighted by Gasteiger charge is -2.44. The summed E-state index contributed by atoms with van der Waals surface area (Å²) in [5, 5.41) is 5.08. The zero-order valence-electron chi connectivity index (χ0n) is 19.1. The number of ether oxygens (including phenoxy) is 1. The molecule has 3 aromatic rings. The molecule has 0 aliphatic carbocycles. The van der Waals surface area contributed by atoms with Crippen molar-refractivity contribution < 1.29 is 18.8 Å². The van der Waals surface area contributed by atoms with Gasteiger partial charge in [-0.1, -0.05) is 11.2 Å². The molecule has 2 aromatic carbocycles. The van der Waals surface area contributed by atoms with E-state index in [9.17, 15) is 9.59 Å². The minimum atomic E-state index is -0.516. The molecule has 32 heavy (non-hydrogen) atoms. The van der Waals surface area contributed by atoms with Crippen LogP contribution in [0.15, 0.2) is 28.8 Å². The maximum Gasteiger partial charge on any atom is 0.228 e. The minimum absolute atomic E-state index is 0.0308. The van der Waals surface area contributed by atoms with Gasteiger partial charge >= 0.3 is 0 Å². The quantitative estimate of drug-likeness (QED) is 0.590. The van der Waals surface area contributed by atoms with Gasteiger partial charge in [0.05, 0.1) is 18.4 Å². The van der Waals surface area contributed by atoms with Crippen LogP contribution in [0.2, 0.25) is 0 Å². The first-order chi connectivity index (χ1) is 15.2. The van der Waals surface area contributed by atoms with Crippen LogP contribution in [0.4, 0.5) is 0 Å². The Balaban J connectivity index is 1.29. The number of amides is 1. The zero-order valence-corrected chi connectivity index (χ0v) is 19.1. The van der Waals surface area contributed by atoms with Crippen LogP contribution in [0.25, 0.3) is 11.0 Å². The van der Waals surface area contributed by atoms with Crippen molar-refractivity contribution in [3.05, 3.63) is 57.8 Å². The number of Topliss-reactive ketones (excluding diaryl/α,β-unsaturated/α-hetero) is 1. The van der Waals surface area contributed by atoms with E-state index < -0.39 is 5.60 Å². The Bertz CT molecular complexity index is 1250. The van der Waals surface area contributed by atoms with Gasteiger partial charge in [-0.05, 0) is 68.1 Å². The van der Waals surface area contributed by atoms with E-state index in [-0.39, 0.29) is 18.1 Å². The third kappa shape index (κ3) is 3.48. The summed E-state index contributed by atoms with van der Waals surface area (Å²) >= 11 is 0. The fraction of sp³-hybridized carbons (Fsp3) is 0.423. The molecule has 0 atom stereocenters. The Hall–Kier alpha value is -3.15. The standard InChI is InChI=1S/C26H28N2O4/c1-15-9-18(4)25-19(10-15)21(27-32-25)13-24(30)28-7-5-26(6-8-28)14-22(29)20-11-16(2)17(3)12-23(20)31-26/h9-12H,5-8,13-14H2,1-4H3. The Labute approximate surface area is 187 Å². The topological polar surface area (TPSA) is 72.6 Å². The molecule has 2 aliphatic heterocycles. The summed E-state index contributed by atoms with van der Waals surface area (Å²) in [6, 6.07) is 7.98. The summed E-state index contributed by atoms with van der Waals surface area (Å²) in [7, 11) is 0. The fourth-order valence-electron chi connectivity index (χ4n) is 5.01. The third-order valence-electron chi connectivity index (χ3n) is 7.03. The maximum atomic E-state index is 13.0. The van der Waals surface area contributed by atoms with Crippen LogP contribution in [0, 0.1) is 27.7 Å². The monoisotopic (exact) mass is 432 g/mol. The minimum Gasteiger partial charge on any atom is -0.486 e. The molecule has 3 heterocycles. The molecule has 1 saturated heterocycles. The van der Waals surface area contributed by atoms with E-state index in [1.165, 1.54) is 0 Å². The van der Waals surface area contributed by atoms with E-state index in [0.29, 0.717) is 49.4 Å². The molecule has 5 rings (SSSR count). The first kappa shape index (κ1) is 20.7. The Morgan fingerprint density at radius 1 is 1.03 bits per heavy atom. The molecule has 0 bridgehead atoms. The van der Waals surface area contributed by atoms with Gasteiger partial charge < -0.3 is 14.2 Å². The molecule has 0 radical (unpaired) electrons. The largest absolute Gasteiger partial charge is 0.486 e. The molecule has 0 saturated carbocycles. The van der Waals surface area contributed by atoms with Crippen LogP contribution in [0.5, 0.6) is 5.75 Å². The van der Waals surface area contributed by atoms with Crippen LogP contribution >= 0.6 is 0 Å². The van der Waals surface area contributed by atoms with Crippen LogP contribution in [0.1, 0.15) is 57.6 Å². The summed E-state index contributed by atoms with van der Waals surface area (Å²) in [5.74, 6) is 0.848. The number of aryl methyl sites for hydroxylation is 4. The smallest absolute Gasteiger partial charge is 0.228 e. The number of aromatic nitrogens is 1. The molecule has 1 amide bonds. The molecule has 6 heteroatoms. The number of benzene rings is 2. The van der Waals surface area contributed by atoms with Crippen molar-refractivity contribution in [3.63, 3.8) is 0 Å². The number of hydrogen-bond acceptors (Lipinski definition) is 5. The molecule has 6 nitrogen and oxygen atoms in total. The molecule has 0 unspecified atom stereocenters. The first-order valence-electron chi connectivity index (χ1n) is 11.2. The lowest BCUT2D eigenvalue weighted by molar-refractivity contribution is -0.134. The van der Waals surface area contributed by atoms with Gasteiger partial charge in [0, 0.05) is 31.3 Å². The maximum absolute atomic E-state index is 13.0. The van der Waals surface area contributed by atoms with E-state index in [2.05, 4.69) is 11.2 Å². The van der Waals surface area contributed by atoms with Gasteiger partial charge in [-0.15, -0.1) is 0 Å². The number of hydrogen-bond donors (Lipinski definition) is 0. The van der Waals surface area contributed by atoms with Crippen LogP contribution < -0.4 is 4.74 Å². The lowest BCUT2D eigenvalue weighted by atomic mass is 9.82. The second-order valence-electron chi connectivity index (χ2n) is 9.46. The van der Waals surface area contributed by atoms with Crippen LogP contribution in [0.3, 0.4) is 0 Å². The second-order valence-corrected chi connectivity index (χ2v) is 9.46. The van der Waals surface area contributed by atoms with Gasteiger partial charge in [0.1, 0.15) is 17.0 Å².